The molecule has 2 rings (SSSR count). The summed E-state index contributed by atoms with van der Waals surface area (Å²) >= 11 is 3.46. The second-order valence-corrected chi connectivity index (χ2v) is 6.67. The molecule has 1 atom stereocenters. The molecular formula is C19H22BrN3O3. The number of methoxy groups -OCH3 is 1. The smallest absolute Gasteiger partial charge is 0.321 e. The molecule has 2 N–H and O–H groups in total. The number of ether oxygens (including phenoxy) is 1. The molecule has 0 spiro atoms. The topological polar surface area (TPSA) is 70.7 Å². The van der Waals surface area contributed by atoms with Gasteiger partial charge in [-0.25, -0.2) is 4.79 Å². The molecule has 2 aromatic rings. The number of carbonyl (C=O) groups excluding carboxylic acids is 2. The first-order valence-electron chi connectivity index (χ1n) is 8.06. The summed E-state index contributed by atoms with van der Waals surface area (Å²) in [5.74, 6) is 0.339. The van der Waals surface area contributed by atoms with Crippen molar-refractivity contribution in [3.63, 3.8) is 0 Å². The Kier molecular flexibility index (Phi) is 7.17. The lowest BCUT2D eigenvalue weighted by Gasteiger charge is -2.28. The Hall–Kier alpha value is -2.38. The van der Waals surface area contributed by atoms with Crippen molar-refractivity contribution in [3.05, 3.63) is 64.1 Å². The summed E-state index contributed by atoms with van der Waals surface area (Å²) in [6, 6.07) is 13.9. The number of rotatable bonds is 6. The molecule has 7 heteroatoms. The molecule has 138 valence electrons. The van der Waals surface area contributed by atoms with Crippen LogP contribution in [-0.4, -0.2) is 38.0 Å². The predicted octanol–water partition coefficient (Wildman–Crippen LogP) is 3.09. The number of nitrogens with one attached hydrogen (secondary N) is 2. The normalized spacial score (nSPS) is 11.7. The molecule has 6 nitrogen and oxygen atoms in total. The van der Waals surface area contributed by atoms with Gasteiger partial charge in [-0.1, -0.05) is 46.3 Å². The van der Waals surface area contributed by atoms with Gasteiger partial charge in [-0.15, -0.1) is 0 Å². The molecule has 0 heterocycles. The number of amides is 3. The minimum atomic E-state index is -0.628. The van der Waals surface area contributed by atoms with Crippen molar-refractivity contribution in [2.75, 3.05) is 21.2 Å². The van der Waals surface area contributed by atoms with E-state index in [1.807, 2.05) is 60.5 Å². The van der Waals surface area contributed by atoms with Gasteiger partial charge in [-0.05, 0) is 30.8 Å². The largest absolute Gasteiger partial charge is 0.496 e. The highest BCUT2D eigenvalue weighted by Gasteiger charge is 2.27. The quantitative estimate of drug-likeness (QED) is 0.754. The van der Waals surface area contributed by atoms with Crippen LogP contribution in [0.25, 0.3) is 0 Å². The molecule has 2 aromatic carbocycles. The van der Waals surface area contributed by atoms with E-state index in [0.29, 0.717) is 6.54 Å². The zero-order valence-electron chi connectivity index (χ0n) is 15.0. The van der Waals surface area contributed by atoms with E-state index in [2.05, 4.69) is 26.6 Å². The number of urea groups is 1. The van der Waals surface area contributed by atoms with E-state index in [-0.39, 0.29) is 0 Å². The number of imide groups is 1. The lowest BCUT2D eigenvalue weighted by atomic mass is 10.0. The molecule has 0 aromatic heterocycles. The maximum Gasteiger partial charge on any atom is 0.321 e. The molecule has 0 unspecified atom stereocenters. The van der Waals surface area contributed by atoms with Crippen LogP contribution < -0.4 is 15.4 Å². The van der Waals surface area contributed by atoms with Crippen molar-refractivity contribution in [3.8, 4) is 5.75 Å². The molecule has 0 aliphatic rings. The van der Waals surface area contributed by atoms with Crippen molar-refractivity contribution >= 4 is 27.9 Å². The molecule has 0 aliphatic carbocycles. The molecule has 3 amide bonds. The van der Waals surface area contributed by atoms with Gasteiger partial charge in [0.15, 0.2) is 0 Å². The van der Waals surface area contributed by atoms with Gasteiger partial charge in [0.1, 0.15) is 11.8 Å². The van der Waals surface area contributed by atoms with E-state index >= 15 is 0 Å². The Morgan fingerprint density at radius 1 is 1.19 bits per heavy atom. The number of nitrogens with zero attached hydrogens (tertiary/aromatic N) is 1. The number of carbonyl (C=O) groups is 2. The van der Waals surface area contributed by atoms with Gasteiger partial charge >= 0.3 is 6.03 Å². The number of hydrogen-bond acceptors (Lipinski definition) is 4. The van der Waals surface area contributed by atoms with Gasteiger partial charge in [0, 0.05) is 23.6 Å². The van der Waals surface area contributed by atoms with Crippen LogP contribution in [0.3, 0.4) is 0 Å². The summed E-state index contributed by atoms with van der Waals surface area (Å²) in [5.41, 5.74) is 1.73. The van der Waals surface area contributed by atoms with Gasteiger partial charge in [-0.2, -0.15) is 0 Å². The minimum absolute atomic E-state index is 0.396. The van der Waals surface area contributed by atoms with Crippen LogP contribution in [0.5, 0.6) is 5.75 Å². The molecular weight excluding hydrogens is 398 g/mol. The lowest BCUT2D eigenvalue weighted by molar-refractivity contribution is -0.125. The van der Waals surface area contributed by atoms with E-state index in [1.54, 1.807) is 7.11 Å². The first-order valence-corrected chi connectivity index (χ1v) is 8.85. The average Bonchev–Trinajstić information content (AvgIpc) is 2.62. The monoisotopic (exact) mass is 419 g/mol. The molecule has 26 heavy (non-hydrogen) atoms. The van der Waals surface area contributed by atoms with Crippen LogP contribution in [0.4, 0.5) is 4.79 Å². The molecule has 0 radical (unpaired) electrons. The summed E-state index contributed by atoms with van der Waals surface area (Å²) < 4.78 is 6.34. The Bertz CT molecular complexity index is 768. The summed E-state index contributed by atoms with van der Waals surface area (Å²) in [4.78, 5) is 26.2. The third-order valence-corrected chi connectivity index (χ3v) is 4.42. The van der Waals surface area contributed by atoms with Crippen LogP contribution >= 0.6 is 15.9 Å². The van der Waals surface area contributed by atoms with Crippen LogP contribution in [-0.2, 0) is 11.3 Å². The third kappa shape index (κ3) is 5.06. The van der Waals surface area contributed by atoms with E-state index in [1.165, 1.54) is 7.05 Å². The SMILES string of the molecule is CNC(=O)NC(=O)[C@@H](c1ccccc1)N(C)Cc1cc(Br)ccc1OC. The van der Waals surface area contributed by atoms with Gasteiger partial charge in [0.2, 0.25) is 5.91 Å². The fourth-order valence-electron chi connectivity index (χ4n) is 2.71. The molecule has 0 aliphatic heterocycles. The summed E-state index contributed by atoms with van der Waals surface area (Å²) in [6.45, 7) is 0.462. The van der Waals surface area contributed by atoms with Gasteiger partial charge in [0.05, 0.1) is 7.11 Å². The molecule has 0 bridgehead atoms. The first-order chi connectivity index (χ1) is 12.5. The average molecular weight is 420 g/mol. The third-order valence-electron chi connectivity index (χ3n) is 3.93. The lowest BCUT2D eigenvalue weighted by Crippen LogP contribution is -2.44. The van der Waals surface area contributed by atoms with Crippen LogP contribution in [0.2, 0.25) is 0 Å². The van der Waals surface area contributed by atoms with Crippen molar-refractivity contribution in [2.24, 2.45) is 0 Å². The standard InChI is InChI=1S/C19H22BrN3O3/c1-21-19(25)22-18(24)17(13-7-5-4-6-8-13)23(2)12-14-11-15(20)9-10-16(14)26-3/h4-11,17H,12H2,1-3H3,(H2,21,22,24,25)/t17-/m1/s1. The van der Waals surface area contributed by atoms with Crippen LogP contribution in [0, 0.1) is 0 Å². The van der Waals surface area contributed by atoms with E-state index in [4.69, 9.17) is 4.74 Å². The minimum Gasteiger partial charge on any atom is -0.496 e. The number of halogens is 1. The summed E-state index contributed by atoms with van der Waals surface area (Å²) in [6.07, 6.45) is 0. The second-order valence-electron chi connectivity index (χ2n) is 5.75. The van der Waals surface area contributed by atoms with E-state index in [9.17, 15) is 9.59 Å². The maximum atomic E-state index is 12.7. The Labute approximate surface area is 161 Å². The maximum absolute atomic E-state index is 12.7. The highest BCUT2D eigenvalue weighted by molar-refractivity contribution is 9.10. The number of hydrogen-bond donors (Lipinski definition) is 2. The summed E-state index contributed by atoms with van der Waals surface area (Å²) in [5, 5.41) is 4.76. The zero-order chi connectivity index (χ0) is 19.1. The van der Waals surface area contributed by atoms with Crippen molar-refractivity contribution < 1.29 is 14.3 Å². The Balaban J connectivity index is 2.31. The zero-order valence-corrected chi connectivity index (χ0v) is 16.5. The second kappa shape index (κ2) is 9.35. The van der Waals surface area contributed by atoms with Crippen LogP contribution in [0.1, 0.15) is 17.2 Å². The molecule has 0 fully saturated rings. The Morgan fingerprint density at radius 2 is 1.88 bits per heavy atom. The molecule has 0 saturated carbocycles. The van der Waals surface area contributed by atoms with Crippen LogP contribution in [0.15, 0.2) is 53.0 Å². The summed E-state index contributed by atoms with van der Waals surface area (Å²) in [7, 11) is 4.91. The van der Waals surface area contributed by atoms with E-state index in [0.717, 1.165) is 21.3 Å². The van der Waals surface area contributed by atoms with Gasteiger partial charge in [0.25, 0.3) is 0 Å². The first kappa shape index (κ1) is 19.9. The molecule has 0 saturated heterocycles. The van der Waals surface area contributed by atoms with Crippen molar-refractivity contribution in [2.45, 2.75) is 12.6 Å². The van der Waals surface area contributed by atoms with Crippen molar-refractivity contribution in [1.29, 1.82) is 0 Å². The highest BCUT2D eigenvalue weighted by Crippen LogP contribution is 2.27. The fraction of sp³-hybridized carbons (Fsp3) is 0.263. The van der Waals surface area contributed by atoms with Gasteiger partial charge < -0.3 is 10.1 Å². The number of likely N-dealkylation sites (N-methyl/N-ethyl adjacent to an activating group) is 1. The van der Waals surface area contributed by atoms with E-state index < -0.39 is 18.0 Å². The Morgan fingerprint density at radius 3 is 2.50 bits per heavy atom. The van der Waals surface area contributed by atoms with Gasteiger partial charge in [-0.3, -0.25) is 15.0 Å². The fourth-order valence-corrected chi connectivity index (χ4v) is 3.12. The van der Waals surface area contributed by atoms with Crippen molar-refractivity contribution in [1.82, 2.24) is 15.5 Å². The number of benzene rings is 2. The predicted molar refractivity (Wildman–Crippen MR) is 104 cm³/mol. The highest BCUT2D eigenvalue weighted by atomic mass is 79.9.